The first kappa shape index (κ1) is 20.7. The molecular formula is C19H20N2O7. The monoisotopic (exact) mass is 388 g/mol. The lowest BCUT2D eigenvalue weighted by atomic mass is 10.1. The van der Waals surface area contributed by atoms with Crippen LogP contribution in [0.5, 0.6) is 17.2 Å². The zero-order valence-electron chi connectivity index (χ0n) is 15.8. The number of carbonyl (C=O) groups excluding carboxylic acids is 2. The Hall–Kier alpha value is -3.62. The highest BCUT2D eigenvalue weighted by molar-refractivity contribution is 5.96. The van der Waals surface area contributed by atoms with Gasteiger partial charge in [-0.2, -0.15) is 0 Å². The number of Topliss-reactive ketones (excluding diaryl/α,β-unsaturated/α-hetero) is 1. The summed E-state index contributed by atoms with van der Waals surface area (Å²) in [4.78, 5) is 34.3. The summed E-state index contributed by atoms with van der Waals surface area (Å²) in [5.41, 5.74) is 0.407. The quantitative estimate of drug-likeness (QED) is 0.419. The smallest absolute Gasteiger partial charge is 0.271 e. The number of anilines is 1. The second-order valence-corrected chi connectivity index (χ2v) is 5.81. The molecule has 0 aromatic heterocycles. The lowest BCUT2D eigenvalue weighted by Crippen LogP contribution is -2.30. The van der Waals surface area contributed by atoms with Crippen LogP contribution >= 0.6 is 0 Å². The number of rotatable bonds is 8. The standard InChI is InChI=1S/C19H20N2O7/c1-11(22)13-5-7-17(18(9-13)27-4)28-12(2)19(23)20-15-10-14(21(24)25)6-8-16(15)26-3/h5-10,12H,1-4H3,(H,20,23)/t12-/m0/s1. The molecule has 0 spiro atoms. The van der Waals surface area contributed by atoms with Crippen LogP contribution in [0.2, 0.25) is 0 Å². The van der Waals surface area contributed by atoms with E-state index in [2.05, 4.69) is 5.32 Å². The van der Waals surface area contributed by atoms with E-state index in [9.17, 15) is 19.7 Å². The van der Waals surface area contributed by atoms with Crippen LogP contribution in [0.4, 0.5) is 11.4 Å². The van der Waals surface area contributed by atoms with E-state index in [0.29, 0.717) is 11.3 Å². The summed E-state index contributed by atoms with van der Waals surface area (Å²) in [7, 11) is 2.81. The zero-order valence-corrected chi connectivity index (χ0v) is 15.8. The molecule has 9 heteroatoms. The highest BCUT2D eigenvalue weighted by Crippen LogP contribution is 2.31. The number of ketones is 1. The number of hydrogen-bond donors (Lipinski definition) is 1. The fourth-order valence-electron chi connectivity index (χ4n) is 2.37. The van der Waals surface area contributed by atoms with Gasteiger partial charge in [0.15, 0.2) is 23.4 Å². The lowest BCUT2D eigenvalue weighted by molar-refractivity contribution is -0.384. The largest absolute Gasteiger partial charge is 0.495 e. The summed E-state index contributed by atoms with van der Waals surface area (Å²) in [5, 5.41) is 13.5. The number of nitrogens with zero attached hydrogens (tertiary/aromatic N) is 1. The van der Waals surface area contributed by atoms with E-state index < -0.39 is 16.9 Å². The summed E-state index contributed by atoms with van der Waals surface area (Å²) >= 11 is 0. The van der Waals surface area contributed by atoms with Gasteiger partial charge in [0.25, 0.3) is 11.6 Å². The molecule has 1 N–H and O–H groups in total. The van der Waals surface area contributed by atoms with Crippen molar-refractivity contribution in [3.05, 3.63) is 52.1 Å². The summed E-state index contributed by atoms with van der Waals surface area (Å²) in [5.74, 6) is 0.181. The van der Waals surface area contributed by atoms with Crippen LogP contribution in [0.1, 0.15) is 24.2 Å². The molecule has 0 unspecified atom stereocenters. The molecule has 0 aliphatic carbocycles. The number of methoxy groups -OCH3 is 2. The Balaban J connectivity index is 2.19. The van der Waals surface area contributed by atoms with Gasteiger partial charge in [0.05, 0.1) is 24.8 Å². The van der Waals surface area contributed by atoms with Crippen molar-refractivity contribution in [2.45, 2.75) is 20.0 Å². The van der Waals surface area contributed by atoms with Crippen LogP contribution in [-0.4, -0.2) is 36.9 Å². The highest BCUT2D eigenvalue weighted by atomic mass is 16.6. The van der Waals surface area contributed by atoms with E-state index in [1.807, 2.05) is 0 Å². The second-order valence-electron chi connectivity index (χ2n) is 5.81. The number of nitrogens with one attached hydrogen (secondary N) is 1. The Morgan fingerprint density at radius 3 is 2.25 bits per heavy atom. The van der Waals surface area contributed by atoms with Crippen LogP contribution in [-0.2, 0) is 4.79 Å². The van der Waals surface area contributed by atoms with Gasteiger partial charge < -0.3 is 19.5 Å². The van der Waals surface area contributed by atoms with E-state index in [1.165, 1.54) is 58.4 Å². The van der Waals surface area contributed by atoms with Crippen LogP contribution in [0, 0.1) is 10.1 Å². The average Bonchev–Trinajstić information content (AvgIpc) is 2.67. The van der Waals surface area contributed by atoms with Crippen molar-refractivity contribution in [1.82, 2.24) is 0 Å². The molecule has 2 aromatic carbocycles. The number of hydrogen-bond acceptors (Lipinski definition) is 7. The normalized spacial score (nSPS) is 11.3. The molecule has 0 bridgehead atoms. The van der Waals surface area contributed by atoms with Gasteiger partial charge in [0.1, 0.15) is 5.75 Å². The maximum Gasteiger partial charge on any atom is 0.271 e. The van der Waals surface area contributed by atoms with Gasteiger partial charge in [0, 0.05) is 17.7 Å². The molecule has 2 aromatic rings. The third-order valence-electron chi connectivity index (χ3n) is 3.89. The van der Waals surface area contributed by atoms with Crippen LogP contribution in [0.3, 0.4) is 0 Å². The van der Waals surface area contributed by atoms with Crippen LogP contribution in [0.25, 0.3) is 0 Å². The Morgan fingerprint density at radius 2 is 1.68 bits per heavy atom. The summed E-state index contributed by atoms with van der Waals surface area (Å²) in [6.45, 7) is 2.94. The lowest BCUT2D eigenvalue weighted by Gasteiger charge is -2.18. The van der Waals surface area contributed by atoms with Gasteiger partial charge in [-0.25, -0.2) is 0 Å². The molecule has 0 aliphatic rings. The molecule has 0 heterocycles. The second kappa shape index (κ2) is 8.85. The number of ether oxygens (including phenoxy) is 3. The Morgan fingerprint density at radius 1 is 1.04 bits per heavy atom. The van der Waals surface area contributed by atoms with Gasteiger partial charge in [-0.1, -0.05) is 0 Å². The van der Waals surface area contributed by atoms with E-state index in [4.69, 9.17) is 14.2 Å². The third-order valence-corrected chi connectivity index (χ3v) is 3.89. The minimum atomic E-state index is -0.957. The van der Waals surface area contributed by atoms with Crippen molar-refractivity contribution in [2.75, 3.05) is 19.5 Å². The predicted octanol–water partition coefficient (Wildman–Crippen LogP) is 3.22. The maximum atomic E-state index is 12.5. The molecule has 1 atom stereocenters. The molecular weight excluding hydrogens is 368 g/mol. The van der Waals surface area contributed by atoms with E-state index >= 15 is 0 Å². The van der Waals surface area contributed by atoms with Crippen molar-refractivity contribution in [1.29, 1.82) is 0 Å². The fourth-order valence-corrected chi connectivity index (χ4v) is 2.37. The van der Waals surface area contributed by atoms with E-state index in [-0.39, 0.29) is 28.7 Å². The average molecular weight is 388 g/mol. The minimum absolute atomic E-state index is 0.131. The minimum Gasteiger partial charge on any atom is -0.495 e. The number of nitro groups is 1. The van der Waals surface area contributed by atoms with Gasteiger partial charge in [-0.15, -0.1) is 0 Å². The topological polar surface area (TPSA) is 117 Å². The zero-order chi connectivity index (χ0) is 20.8. The van der Waals surface area contributed by atoms with E-state index in [1.54, 1.807) is 6.07 Å². The van der Waals surface area contributed by atoms with Crippen LogP contribution < -0.4 is 19.5 Å². The molecule has 0 aliphatic heterocycles. The number of amides is 1. The number of nitro benzene ring substituents is 1. The third kappa shape index (κ3) is 4.76. The first-order chi connectivity index (χ1) is 13.3. The van der Waals surface area contributed by atoms with Crippen molar-refractivity contribution >= 4 is 23.1 Å². The first-order valence-electron chi connectivity index (χ1n) is 8.25. The maximum absolute atomic E-state index is 12.5. The van der Waals surface area contributed by atoms with Gasteiger partial charge in [-0.3, -0.25) is 19.7 Å². The Labute approximate surface area is 161 Å². The SMILES string of the molecule is COc1ccc([N+](=O)[O-])cc1NC(=O)[C@H](C)Oc1ccc(C(C)=O)cc1OC. The number of non-ortho nitro benzene ring substituents is 1. The summed E-state index contributed by atoms with van der Waals surface area (Å²) in [6, 6.07) is 8.48. The van der Waals surface area contributed by atoms with E-state index in [0.717, 1.165) is 0 Å². The highest BCUT2D eigenvalue weighted by Gasteiger charge is 2.20. The molecule has 9 nitrogen and oxygen atoms in total. The van der Waals surface area contributed by atoms with Crippen molar-refractivity contribution in [3.8, 4) is 17.2 Å². The molecule has 148 valence electrons. The Kier molecular flexibility index (Phi) is 6.54. The van der Waals surface area contributed by atoms with Gasteiger partial charge in [0.2, 0.25) is 0 Å². The molecule has 0 fully saturated rings. The molecule has 0 radical (unpaired) electrons. The molecule has 28 heavy (non-hydrogen) atoms. The van der Waals surface area contributed by atoms with Gasteiger partial charge >= 0.3 is 0 Å². The first-order valence-corrected chi connectivity index (χ1v) is 8.25. The number of benzene rings is 2. The van der Waals surface area contributed by atoms with Crippen molar-refractivity contribution in [3.63, 3.8) is 0 Å². The van der Waals surface area contributed by atoms with Crippen LogP contribution in [0.15, 0.2) is 36.4 Å². The molecule has 0 saturated heterocycles. The number of carbonyl (C=O) groups is 2. The predicted molar refractivity (Wildman–Crippen MR) is 101 cm³/mol. The van der Waals surface area contributed by atoms with Crippen molar-refractivity contribution < 1.29 is 28.7 Å². The summed E-state index contributed by atoms with van der Waals surface area (Å²) < 4.78 is 16.0. The molecule has 1 amide bonds. The summed E-state index contributed by atoms with van der Waals surface area (Å²) in [6.07, 6.45) is -0.957. The fraction of sp³-hybridized carbons (Fsp3) is 0.263. The molecule has 2 rings (SSSR count). The van der Waals surface area contributed by atoms with Gasteiger partial charge in [-0.05, 0) is 38.1 Å². The molecule has 0 saturated carbocycles. The van der Waals surface area contributed by atoms with Crippen molar-refractivity contribution in [2.24, 2.45) is 0 Å². The Bertz CT molecular complexity index is 911.